The number of ether oxygens (including phenoxy) is 2. The molecule has 3 atom stereocenters. The number of allylic oxidation sites excluding steroid dienone is 1. The van der Waals surface area contributed by atoms with Gasteiger partial charge in [0.05, 0.1) is 13.2 Å². The highest BCUT2D eigenvalue weighted by atomic mass is 16.5. The van der Waals surface area contributed by atoms with Crippen LogP contribution in [0.15, 0.2) is 103 Å². The lowest BCUT2D eigenvalue weighted by atomic mass is 9.79. The van der Waals surface area contributed by atoms with Crippen molar-refractivity contribution in [2.24, 2.45) is 17.8 Å². The first-order valence-electron chi connectivity index (χ1n) is 17.2. The number of benzene rings is 3. The number of rotatable bonds is 16. The van der Waals surface area contributed by atoms with E-state index in [0.29, 0.717) is 24.0 Å². The van der Waals surface area contributed by atoms with E-state index in [1.807, 2.05) is 6.08 Å². The Morgan fingerprint density at radius 3 is 1.96 bits per heavy atom. The molecule has 0 N–H and O–H groups in total. The van der Waals surface area contributed by atoms with Crippen molar-refractivity contribution in [2.45, 2.75) is 95.2 Å². The third-order valence-electron chi connectivity index (χ3n) is 10.1. The van der Waals surface area contributed by atoms with Crippen LogP contribution in [-0.2, 0) is 24.7 Å². The zero-order valence-electron chi connectivity index (χ0n) is 26.9. The molecule has 0 spiro atoms. The average molecular weight is 607 g/mol. The second kappa shape index (κ2) is 16.7. The van der Waals surface area contributed by atoms with Crippen LogP contribution in [0.4, 0.5) is 0 Å². The third-order valence-corrected chi connectivity index (χ3v) is 10.1. The van der Waals surface area contributed by atoms with Gasteiger partial charge in [0.25, 0.3) is 0 Å². The van der Waals surface area contributed by atoms with E-state index in [9.17, 15) is 9.59 Å². The Labute approximate surface area is 270 Å². The van der Waals surface area contributed by atoms with E-state index >= 15 is 0 Å². The Morgan fingerprint density at radius 1 is 0.822 bits per heavy atom. The minimum absolute atomic E-state index is 0.0773. The van der Waals surface area contributed by atoms with Crippen molar-refractivity contribution >= 4 is 11.8 Å². The van der Waals surface area contributed by atoms with Crippen molar-refractivity contribution in [3.63, 3.8) is 0 Å². The molecule has 1 unspecified atom stereocenters. The van der Waals surface area contributed by atoms with Crippen LogP contribution in [0.1, 0.15) is 100 Å². The second-order valence-corrected chi connectivity index (χ2v) is 13.1. The van der Waals surface area contributed by atoms with Gasteiger partial charge in [-0.1, -0.05) is 129 Å². The summed E-state index contributed by atoms with van der Waals surface area (Å²) < 4.78 is 12.3. The van der Waals surface area contributed by atoms with Crippen LogP contribution in [0.3, 0.4) is 0 Å². The predicted octanol–water partition coefficient (Wildman–Crippen LogP) is 9.61. The van der Waals surface area contributed by atoms with Crippen LogP contribution in [0.5, 0.6) is 0 Å². The molecule has 0 amide bonds. The van der Waals surface area contributed by atoms with Crippen LogP contribution in [0, 0.1) is 17.8 Å². The Morgan fingerprint density at radius 2 is 1.40 bits per heavy atom. The smallest absolute Gasteiger partial charge is 0.330 e. The highest BCUT2D eigenvalue weighted by Crippen LogP contribution is 2.45. The Balaban J connectivity index is 1.37. The van der Waals surface area contributed by atoms with Gasteiger partial charge in [0, 0.05) is 18.4 Å². The molecule has 4 heteroatoms. The maximum absolute atomic E-state index is 13.0. The lowest BCUT2D eigenvalue weighted by Crippen LogP contribution is -2.38. The van der Waals surface area contributed by atoms with E-state index in [1.54, 1.807) is 0 Å². The summed E-state index contributed by atoms with van der Waals surface area (Å²) in [5.74, 6) is 1.37. The number of carbonyl (C=O) groups excluding carboxylic acids is 2. The highest BCUT2D eigenvalue weighted by Gasteiger charge is 2.41. The van der Waals surface area contributed by atoms with E-state index in [-0.39, 0.29) is 18.0 Å². The number of Topliss-reactive ketones (excluding diaryl/α,β-unsaturated/α-hetero) is 1. The van der Waals surface area contributed by atoms with Crippen molar-refractivity contribution in [3.05, 3.63) is 120 Å². The minimum atomic E-state index is -0.727. The van der Waals surface area contributed by atoms with Gasteiger partial charge in [-0.2, -0.15) is 0 Å². The van der Waals surface area contributed by atoms with Gasteiger partial charge >= 0.3 is 5.97 Å². The van der Waals surface area contributed by atoms with E-state index in [1.165, 1.54) is 38.9 Å². The summed E-state index contributed by atoms with van der Waals surface area (Å²) in [5, 5.41) is 0. The van der Waals surface area contributed by atoms with Gasteiger partial charge in [-0.15, -0.1) is 0 Å². The third kappa shape index (κ3) is 8.61. The molecule has 0 bridgehead atoms. The molecule has 2 saturated carbocycles. The largest absolute Gasteiger partial charge is 0.466 e. The number of hydrogen-bond acceptors (Lipinski definition) is 4. The first-order chi connectivity index (χ1) is 22.1. The maximum atomic E-state index is 13.0. The summed E-state index contributed by atoms with van der Waals surface area (Å²) in [6, 6.07) is 32.2. The van der Waals surface area contributed by atoms with Crippen LogP contribution in [-0.4, -0.2) is 25.0 Å². The fourth-order valence-corrected chi connectivity index (χ4v) is 7.81. The fourth-order valence-electron chi connectivity index (χ4n) is 7.81. The van der Waals surface area contributed by atoms with Crippen molar-refractivity contribution < 1.29 is 19.1 Å². The molecule has 5 rings (SSSR count). The van der Waals surface area contributed by atoms with Crippen molar-refractivity contribution in [3.8, 4) is 0 Å². The fraction of sp³-hybridized carbons (Fsp3) is 0.463. The van der Waals surface area contributed by atoms with Gasteiger partial charge in [0.15, 0.2) is 0 Å². The molecule has 4 nitrogen and oxygen atoms in total. The van der Waals surface area contributed by atoms with Gasteiger partial charge in [-0.25, -0.2) is 4.79 Å². The van der Waals surface area contributed by atoms with Gasteiger partial charge in [0.1, 0.15) is 11.4 Å². The molecule has 3 aromatic carbocycles. The molecule has 3 aromatic rings. The van der Waals surface area contributed by atoms with Gasteiger partial charge < -0.3 is 9.47 Å². The predicted molar refractivity (Wildman–Crippen MR) is 181 cm³/mol. The summed E-state index contributed by atoms with van der Waals surface area (Å²) >= 11 is 0. The normalized spacial score (nSPS) is 19.7. The monoisotopic (exact) mass is 606 g/mol. The second-order valence-electron chi connectivity index (χ2n) is 13.1. The summed E-state index contributed by atoms with van der Waals surface area (Å²) in [4.78, 5) is 24.4. The number of methoxy groups -OCH3 is 1. The van der Waals surface area contributed by atoms with E-state index in [2.05, 4.69) is 95.7 Å². The van der Waals surface area contributed by atoms with Gasteiger partial charge in [0.2, 0.25) is 0 Å². The van der Waals surface area contributed by atoms with E-state index in [0.717, 1.165) is 68.1 Å². The Kier molecular flexibility index (Phi) is 12.2. The van der Waals surface area contributed by atoms with Gasteiger partial charge in [-0.3, -0.25) is 4.79 Å². The summed E-state index contributed by atoms with van der Waals surface area (Å²) in [7, 11) is 1.40. The molecule has 0 aromatic heterocycles. The molecule has 2 aliphatic rings. The van der Waals surface area contributed by atoms with Crippen LogP contribution in [0.2, 0.25) is 0 Å². The molecule has 0 radical (unpaired) electrons. The van der Waals surface area contributed by atoms with Crippen LogP contribution < -0.4 is 0 Å². The Bertz CT molecular complexity index is 1250. The number of carbonyl (C=O) groups is 2. The molecule has 45 heavy (non-hydrogen) atoms. The molecule has 0 heterocycles. The maximum Gasteiger partial charge on any atom is 0.330 e. The number of ketones is 1. The Hall–Kier alpha value is -3.50. The zero-order valence-corrected chi connectivity index (χ0v) is 26.9. The summed E-state index contributed by atoms with van der Waals surface area (Å²) in [6.45, 7) is 0. The first-order valence-corrected chi connectivity index (χ1v) is 17.2. The zero-order chi connectivity index (χ0) is 31.3. The lowest BCUT2D eigenvalue weighted by molar-refractivity contribution is -0.134. The molecular formula is C41H50O4. The lowest BCUT2D eigenvalue weighted by Gasteiger charge is -2.40. The van der Waals surface area contributed by atoms with Crippen molar-refractivity contribution in [2.75, 3.05) is 7.11 Å². The topological polar surface area (TPSA) is 52.6 Å². The number of esters is 1. The SMILES string of the molecule is COC(=O)C=CCCCC[C@H]1C(=O)CC[C@@H]1CCC(CC1CCCC1)OC(c1ccccc1)(c1ccccc1)c1ccccc1. The number of unbranched alkanes of at least 4 members (excludes halogenated alkanes) is 2. The standard InChI is InChI=1S/C41H50O4/c1-44-40(43)26-14-3-2-13-25-38-33(28-30-39(38)42)27-29-37(31-32-17-15-16-18-32)45-41(34-19-7-4-8-20-34,35-21-9-5-10-22-35)36-23-11-6-12-24-36/h4-12,14,19-24,26,32-33,37-38H,2-3,13,15-18,25,27-31H2,1H3/t33-,37?,38+/m0/s1. The average Bonchev–Trinajstić information content (AvgIpc) is 3.74. The van der Waals surface area contributed by atoms with Crippen LogP contribution >= 0.6 is 0 Å². The van der Waals surface area contributed by atoms with Crippen molar-refractivity contribution in [1.82, 2.24) is 0 Å². The summed E-state index contributed by atoms with van der Waals surface area (Å²) in [6.07, 6.45) is 17.1. The molecule has 2 fully saturated rings. The highest BCUT2D eigenvalue weighted by molar-refractivity contribution is 5.83. The van der Waals surface area contributed by atoms with Gasteiger partial charge in [-0.05, 0) is 73.5 Å². The van der Waals surface area contributed by atoms with Crippen LogP contribution in [0.25, 0.3) is 0 Å². The molecule has 0 saturated heterocycles. The van der Waals surface area contributed by atoms with E-state index in [4.69, 9.17) is 4.74 Å². The minimum Gasteiger partial charge on any atom is -0.466 e. The first kappa shape index (κ1) is 32.9. The van der Waals surface area contributed by atoms with Crippen molar-refractivity contribution in [1.29, 1.82) is 0 Å². The van der Waals surface area contributed by atoms with E-state index < -0.39 is 5.60 Å². The molecule has 0 aliphatic heterocycles. The molecule has 2 aliphatic carbocycles. The number of hydrogen-bond donors (Lipinski definition) is 0. The quantitative estimate of drug-likeness (QED) is 0.0705. The molecule has 238 valence electrons. The molecular weight excluding hydrogens is 556 g/mol. The summed E-state index contributed by atoms with van der Waals surface area (Å²) in [5.41, 5.74) is 2.72.